The van der Waals surface area contributed by atoms with Gasteiger partial charge in [-0.25, -0.2) is 0 Å². The van der Waals surface area contributed by atoms with Crippen LogP contribution in [0.15, 0.2) is 0 Å². The lowest BCUT2D eigenvalue weighted by atomic mass is 9.97. The molecule has 9 N–H and O–H groups in total. The molecule has 1 unspecified atom stereocenters. The Hall–Kier alpha value is -0.480. The minimum Gasteiger partial charge on any atom is -0.394 e. The van der Waals surface area contributed by atoms with E-state index >= 15 is 0 Å². The Morgan fingerprint density at radius 1 is 0.731 bits per heavy atom. The van der Waals surface area contributed by atoms with Crippen molar-refractivity contribution in [3.8, 4) is 0 Å². The summed E-state index contributed by atoms with van der Waals surface area (Å²) in [4.78, 5) is 0. The second-order valence-electron chi connectivity index (χ2n) is 6.16. The molecule has 26 heavy (non-hydrogen) atoms. The molecule has 0 aliphatic carbocycles. The fourth-order valence-corrected chi connectivity index (χ4v) is 2.85. The molecule has 2 heterocycles. The number of ether oxygens (including phenoxy) is 4. The van der Waals surface area contributed by atoms with E-state index in [1.807, 2.05) is 0 Å². The van der Waals surface area contributed by atoms with Gasteiger partial charge in [0.15, 0.2) is 12.6 Å². The molecule has 0 aromatic rings. The number of rotatable bonds is 7. The van der Waals surface area contributed by atoms with E-state index in [1.165, 1.54) is 0 Å². The van der Waals surface area contributed by atoms with Gasteiger partial charge < -0.3 is 60.4 Å². The third kappa shape index (κ3) is 4.49. The van der Waals surface area contributed by atoms with Crippen LogP contribution in [0, 0.1) is 0 Å². The third-order valence-electron chi connectivity index (χ3n) is 4.36. The van der Waals surface area contributed by atoms with Crippen molar-refractivity contribution in [2.45, 2.75) is 61.4 Å². The molecular formula is C14H27NO11. The van der Waals surface area contributed by atoms with Gasteiger partial charge in [0.2, 0.25) is 0 Å². The van der Waals surface area contributed by atoms with Crippen LogP contribution in [0.1, 0.15) is 0 Å². The molecule has 154 valence electrons. The Kier molecular flexibility index (Phi) is 8.08. The molecule has 0 spiro atoms. The molecule has 2 saturated heterocycles. The highest BCUT2D eigenvalue weighted by molar-refractivity contribution is 4.93. The molecule has 0 amide bonds. The van der Waals surface area contributed by atoms with Crippen LogP contribution in [-0.4, -0.2) is 124 Å². The molecule has 12 nitrogen and oxygen atoms in total. The first-order chi connectivity index (χ1) is 12.3. The quantitative estimate of drug-likeness (QED) is 0.207. The lowest BCUT2D eigenvalue weighted by molar-refractivity contribution is -0.367. The van der Waals surface area contributed by atoms with Gasteiger partial charge in [0.25, 0.3) is 0 Å². The summed E-state index contributed by atoms with van der Waals surface area (Å²) in [7, 11) is 0. The van der Waals surface area contributed by atoms with Crippen LogP contribution in [0.3, 0.4) is 0 Å². The highest BCUT2D eigenvalue weighted by Gasteiger charge is 2.50. The van der Waals surface area contributed by atoms with Crippen molar-refractivity contribution >= 4 is 0 Å². The summed E-state index contributed by atoms with van der Waals surface area (Å²) in [5.41, 5.74) is 5.36. The molecule has 10 atom stereocenters. The van der Waals surface area contributed by atoms with Crippen LogP contribution in [0.5, 0.6) is 0 Å². The van der Waals surface area contributed by atoms with Crippen LogP contribution >= 0.6 is 0 Å². The predicted octanol–water partition coefficient (Wildman–Crippen LogP) is -5.41. The molecule has 0 saturated carbocycles. The summed E-state index contributed by atoms with van der Waals surface area (Å²) in [6.07, 6.45) is -14.6. The van der Waals surface area contributed by atoms with E-state index in [4.69, 9.17) is 24.7 Å². The monoisotopic (exact) mass is 385 g/mol. The zero-order valence-electron chi connectivity index (χ0n) is 13.9. The van der Waals surface area contributed by atoms with Crippen molar-refractivity contribution < 1.29 is 54.7 Å². The Balaban J connectivity index is 2.14. The van der Waals surface area contributed by atoms with Crippen molar-refractivity contribution in [1.29, 1.82) is 0 Å². The molecule has 2 rings (SSSR count). The topological polar surface area (TPSA) is 205 Å². The average molecular weight is 385 g/mol. The van der Waals surface area contributed by atoms with Gasteiger partial charge in [0.05, 0.1) is 19.8 Å². The fraction of sp³-hybridized carbons (Fsp3) is 1.00. The van der Waals surface area contributed by atoms with E-state index in [-0.39, 0.29) is 13.2 Å². The lowest BCUT2D eigenvalue weighted by Gasteiger charge is -2.45. The summed E-state index contributed by atoms with van der Waals surface area (Å²) in [6.45, 7) is -1.11. The number of hydrogen-bond donors (Lipinski definition) is 8. The zero-order chi connectivity index (χ0) is 19.4. The van der Waals surface area contributed by atoms with E-state index in [1.54, 1.807) is 0 Å². The Morgan fingerprint density at radius 3 is 1.81 bits per heavy atom. The maximum Gasteiger partial charge on any atom is 0.187 e. The first-order valence-corrected chi connectivity index (χ1v) is 8.25. The van der Waals surface area contributed by atoms with Gasteiger partial charge in [0.1, 0.15) is 48.8 Å². The van der Waals surface area contributed by atoms with E-state index in [0.717, 1.165) is 0 Å². The largest absolute Gasteiger partial charge is 0.394 e. The smallest absolute Gasteiger partial charge is 0.187 e. The summed E-state index contributed by atoms with van der Waals surface area (Å²) in [5, 5.41) is 68.4. The predicted molar refractivity (Wildman–Crippen MR) is 81.4 cm³/mol. The first kappa shape index (κ1) is 21.8. The maximum absolute atomic E-state index is 10.3. The third-order valence-corrected chi connectivity index (χ3v) is 4.36. The molecule has 2 aliphatic rings. The Labute approximate surface area is 149 Å². The SMILES string of the molecule is NCCO[C@H]1O[C@H](CO)[C@@H](O)[C@H](O)[C@@H]1OC1O[C@H](CO)[C@@H](O)[C@H](O)[C@@H]1O. The normalized spacial score (nSPS) is 47.1. The second-order valence-corrected chi connectivity index (χ2v) is 6.16. The van der Waals surface area contributed by atoms with Crippen molar-refractivity contribution in [3.05, 3.63) is 0 Å². The van der Waals surface area contributed by atoms with Crippen LogP contribution in [0.2, 0.25) is 0 Å². The lowest BCUT2D eigenvalue weighted by Crippen LogP contribution is -2.64. The van der Waals surface area contributed by atoms with Crippen molar-refractivity contribution in [2.75, 3.05) is 26.4 Å². The van der Waals surface area contributed by atoms with Crippen LogP contribution in [-0.2, 0) is 18.9 Å². The number of aliphatic hydroxyl groups excluding tert-OH is 7. The van der Waals surface area contributed by atoms with E-state index in [2.05, 4.69) is 0 Å². The summed E-state index contributed by atoms with van der Waals surface area (Å²) in [5.74, 6) is 0. The fourth-order valence-electron chi connectivity index (χ4n) is 2.85. The Morgan fingerprint density at radius 2 is 1.27 bits per heavy atom. The highest BCUT2D eigenvalue weighted by Crippen LogP contribution is 2.29. The van der Waals surface area contributed by atoms with Crippen molar-refractivity contribution in [1.82, 2.24) is 0 Å². The van der Waals surface area contributed by atoms with Gasteiger partial charge in [-0.15, -0.1) is 0 Å². The van der Waals surface area contributed by atoms with Crippen LogP contribution in [0.4, 0.5) is 0 Å². The maximum atomic E-state index is 10.3. The van der Waals surface area contributed by atoms with Gasteiger partial charge in [-0.05, 0) is 0 Å². The Bertz CT molecular complexity index is 428. The molecule has 0 bridgehead atoms. The van der Waals surface area contributed by atoms with Gasteiger partial charge in [-0.3, -0.25) is 0 Å². The highest BCUT2D eigenvalue weighted by atomic mass is 16.8. The first-order valence-electron chi connectivity index (χ1n) is 8.25. The number of nitrogens with two attached hydrogens (primary N) is 1. The molecule has 12 heteroatoms. The van der Waals surface area contributed by atoms with Gasteiger partial charge in [-0.1, -0.05) is 0 Å². The van der Waals surface area contributed by atoms with E-state index < -0.39 is 74.6 Å². The van der Waals surface area contributed by atoms with Crippen LogP contribution < -0.4 is 5.73 Å². The second kappa shape index (κ2) is 9.64. The minimum atomic E-state index is -1.71. The zero-order valence-corrected chi connectivity index (χ0v) is 13.9. The van der Waals surface area contributed by atoms with Crippen molar-refractivity contribution in [2.24, 2.45) is 5.73 Å². The summed E-state index contributed by atoms with van der Waals surface area (Å²) in [6, 6.07) is 0. The molecule has 0 radical (unpaired) electrons. The van der Waals surface area contributed by atoms with Crippen molar-refractivity contribution in [3.63, 3.8) is 0 Å². The van der Waals surface area contributed by atoms with Gasteiger partial charge >= 0.3 is 0 Å². The molecule has 2 aliphatic heterocycles. The van der Waals surface area contributed by atoms with E-state index in [0.29, 0.717) is 0 Å². The summed E-state index contributed by atoms with van der Waals surface area (Å²) < 4.78 is 21.3. The van der Waals surface area contributed by atoms with Gasteiger partial charge in [-0.2, -0.15) is 0 Å². The summed E-state index contributed by atoms with van der Waals surface area (Å²) >= 11 is 0. The van der Waals surface area contributed by atoms with Crippen LogP contribution in [0.25, 0.3) is 0 Å². The molecule has 0 aromatic carbocycles. The minimum absolute atomic E-state index is 0.0141. The number of hydrogen-bond acceptors (Lipinski definition) is 12. The molecule has 0 aromatic heterocycles. The van der Waals surface area contributed by atoms with Gasteiger partial charge in [0, 0.05) is 6.54 Å². The van der Waals surface area contributed by atoms with E-state index in [9.17, 15) is 35.7 Å². The number of aliphatic hydroxyl groups is 7. The molecule has 2 fully saturated rings. The average Bonchev–Trinajstić information content (AvgIpc) is 2.64. The molecular weight excluding hydrogens is 358 g/mol. The standard InChI is InChI=1S/C14H27NO11/c15-1-2-23-14-12(10(21)8(19)6(4-17)25-14)26-13-11(22)9(20)7(18)5(3-16)24-13/h5-14,16-22H,1-4,15H2/t5-,6-,7-,8-,9+,10+,11+,12+,13?,14+/m1/s1.